The summed E-state index contributed by atoms with van der Waals surface area (Å²) >= 11 is 0. The first-order chi connectivity index (χ1) is 16.5. The first kappa shape index (κ1) is 25.3. The van der Waals surface area contributed by atoms with Gasteiger partial charge in [0.15, 0.2) is 11.5 Å². The second-order valence-corrected chi connectivity index (χ2v) is 8.36. The number of carbonyl (C=O) groups excluding carboxylic acids is 3. The number of hydrogen-bond donors (Lipinski definition) is 0. The van der Waals surface area contributed by atoms with Crippen molar-refractivity contribution in [3.05, 3.63) is 59.2 Å². The molecule has 0 spiro atoms. The normalized spacial score (nSPS) is 13.3. The number of carbonyl (C=O) groups is 3. The molecule has 0 bridgehead atoms. The van der Waals surface area contributed by atoms with Gasteiger partial charge in [-0.3, -0.25) is 19.3 Å². The van der Waals surface area contributed by atoms with E-state index < -0.39 is 0 Å². The third-order valence-corrected chi connectivity index (χ3v) is 5.62. The summed E-state index contributed by atoms with van der Waals surface area (Å²) in [5.74, 6) is 1.05. The van der Waals surface area contributed by atoms with Crippen molar-refractivity contribution in [2.24, 2.45) is 0 Å². The van der Waals surface area contributed by atoms with Crippen LogP contribution in [-0.2, 0) is 22.7 Å². The monoisotopic (exact) mass is 466 g/mol. The zero-order valence-corrected chi connectivity index (χ0v) is 20.3. The molecule has 1 aliphatic heterocycles. The molecule has 2 aromatic carbocycles. The third kappa shape index (κ3) is 6.37. The first-order valence-electron chi connectivity index (χ1n) is 12.1. The lowest BCUT2D eigenvalue weighted by atomic mass is 10.1. The zero-order chi connectivity index (χ0) is 24.5. The average molecular weight is 467 g/mol. The lowest BCUT2D eigenvalue weighted by molar-refractivity contribution is -0.139. The molecule has 2 aromatic rings. The summed E-state index contributed by atoms with van der Waals surface area (Å²) in [6.07, 6.45) is 2.30. The number of likely N-dealkylation sites (tertiary alicyclic amines) is 1. The number of amides is 3. The molecule has 1 saturated heterocycles. The van der Waals surface area contributed by atoms with Crippen LogP contribution in [0.25, 0.3) is 0 Å². The van der Waals surface area contributed by atoms with E-state index in [0.29, 0.717) is 43.4 Å². The minimum Gasteiger partial charge on any atom is -0.490 e. The fraction of sp³-hybridized carbons (Fsp3) is 0.444. The van der Waals surface area contributed by atoms with Crippen LogP contribution < -0.4 is 9.47 Å². The van der Waals surface area contributed by atoms with E-state index in [1.54, 1.807) is 12.1 Å². The number of rotatable bonds is 12. The van der Waals surface area contributed by atoms with Crippen LogP contribution in [-0.4, -0.2) is 47.3 Å². The molecule has 1 fully saturated rings. The Kier molecular flexibility index (Phi) is 9.08. The Morgan fingerprint density at radius 2 is 1.56 bits per heavy atom. The van der Waals surface area contributed by atoms with Gasteiger partial charge in [0.25, 0.3) is 5.91 Å². The van der Waals surface area contributed by atoms with Gasteiger partial charge in [-0.05, 0) is 55.2 Å². The van der Waals surface area contributed by atoms with E-state index in [9.17, 15) is 14.4 Å². The van der Waals surface area contributed by atoms with Crippen LogP contribution in [0.4, 0.5) is 0 Å². The third-order valence-electron chi connectivity index (χ3n) is 5.62. The van der Waals surface area contributed by atoms with Gasteiger partial charge in [0, 0.05) is 31.5 Å². The van der Waals surface area contributed by atoms with Crippen molar-refractivity contribution < 1.29 is 23.9 Å². The molecule has 1 heterocycles. The summed E-state index contributed by atoms with van der Waals surface area (Å²) in [5, 5.41) is 0. The van der Waals surface area contributed by atoms with E-state index in [4.69, 9.17) is 9.47 Å². The minimum atomic E-state index is -0.142. The second kappa shape index (κ2) is 12.2. The fourth-order valence-corrected chi connectivity index (χ4v) is 3.91. The van der Waals surface area contributed by atoms with Crippen LogP contribution in [0.2, 0.25) is 0 Å². The maximum absolute atomic E-state index is 13.3. The van der Waals surface area contributed by atoms with Crippen LogP contribution in [0.15, 0.2) is 42.5 Å². The van der Waals surface area contributed by atoms with Gasteiger partial charge in [0.05, 0.1) is 19.8 Å². The van der Waals surface area contributed by atoms with E-state index in [-0.39, 0.29) is 37.1 Å². The summed E-state index contributed by atoms with van der Waals surface area (Å²) in [4.78, 5) is 40.1. The molecule has 7 heteroatoms. The molecule has 0 atom stereocenters. The van der Waals surface area contributed by atoms with Crippen molar-refractivity contribution in [3.63, 3.8) is 0 Å². The minimum absolute atomic E-state index is 0.0639. The molecule has 0 saturated carbocycles. The number of nitrogens with zero attached hydrogens (tertiary/aromatic N) is 2. The zero-order valence-electron chi connectivity index (χ0n) is 20.3. The Bertz CT molecular complexity index is 987. The molecule has 0 radical (unpaired) electrons. The molecule has 3 amide bonds. The largest absolute Gasteiger partial charge is 0.490 e. The molecule has 182 valence electrons. The Morgan fingerprint density at radius 3 is 2.18 bits per heavy atom. The van der Waals surface area contributed by atoms with Crippen molar-refractivity contribution in [3.8, 4) is 11.5 Å². The number of ether oxygens (including phenoxy) is 2. The summed E-state index contributed by atoms with van der Waals surface area (Å²) in [7, 11) is 0. The topological polar surface area (TPSA) is 76.2 Å². The maximum atomic E-state index is 13.3. The predicted octanol–water partition coefficient (Wildman–Crippen LogP) is 4.58. The maximum Gasteiger partial charge on any atom is 0.254 e. The quantitative estimate of drug-likeness (QED) is 0.428. The van der Waals surface area contributed by atoms with Gasteiger partial charge in [0.1, 0.15) is 0 Å². The first-order valence-corrected chi connectivity index (χ1v) is 12.1. The van der Waals surface area contributed by atoms with Crippen LogP contribution in [0.1, 0.15) is 67.9 Å². The van der Waals surface area contributed by atoms with E-state index in [1.807, 2.05) is 49.1 Å². The van der Waals surface area contributed by atoms with Crippen molar-refractivity contribution in [1.82, 2.24) is 9.80 Å². The van der Waals surface area contributed by atoms with Gasteiger partial charge in [-0.2, -0.15) is 0 Å². The molecular formula is C27H34N2O5. The summed E-state index contributed by atoms with van der Waals surface area (Å²) < 4.78 is 11.5. The SMILES string of the molecule is CCCOc1ccc(CN(CCC)C(=O)c2ccc(CN3C(=O)CCC3=O)cc2)cc1OCC. The lowest BCUT2D eigenvalue weighted by Gasteiger charge is -2.23. The van der Waals surface area contributed by atoms with Gasteiger partial charge >= 0.3 is 0 Å². The molecular weight excluding hydrogens is 432 g/mol. The highest BCUT2D eigenvalue weighted by molar-refractivity contribution is 6.01. The molecule has 7 nitrogen and oxygen atoms in total. The summed E-state index contributed by atoms with van der Waals surface area (Å²) in [6.45, 7) is 8.51. The van der Waals surface area contributed by atoms with Crippen molar-refractivity contribution in [2.75, 3.05) is 19.8 Å². The smallest absolute Gasteiger partial charge is 0.254 e. The van der Waals surface area contributed by atoms with E-state index >= 15 is 0 Å². The molecule has 0 unspecified atom stereocenters. The number of benzene rings is 2. The Balaban J connectivity index is 1.72. The van der Waals surface area contributed by atoms with E-state index in [0.717, 1.165) is 24.0 Å². The van der Waals surface area contributed by atoms with Crippen LogP contribution >= 0.6 is 0 Å². The molecule has 0 aliphatic carbocycles. The highest BCUT2D eigenvalue weighted by atomic mass is 16.5. The Morgan fingerprint density at radius 1 is 0.882 bits per heavy atom. The standard InChI is InChI=1S/C27H34N2O5/c1-4-15-28(18-21-9-12-23(34-16-5-2)24(17-21)33-6-3)27(32)22-10-7-20(8-11-22)19-29-25(30)13-14-26(29)31/h7-12,17H,4-6,13-16,18-19H2,1-3H3. The summed E-state index contributed by atoms with van der Waals surface area (Å²) in [6, 6.07) is 13.0. The number of hydrogen-bond acceptors (Lipinski definition) is 5. The molecule has 34 heavy (non-hydrogen) atoms. The van der Waals surface area contributed by atoms with Crippen molar-refractivity contribution in [2.45, 2.75) is 59.5 Å². The highest BCUT2D eigenvalue weighted by Gasteiger charge is 2.28. The molecule has 0 N–H and O–H groups in total. The Hall–Kier alpha value is -3.35. The van der Waals surface area contributed by atoms with Gasteiger partial charge < -0.3 is 14.4 Å². The summed E-state index contributed by atoms with van der Waals surface area (Å²) in [5.41, 5.74) is 2.37. The van der Waals surface area contributed by atoms with Gasteiger partial charge in [-0.15, -0.1) is 0 Å². The fourth-order valence-electron chi connectivity index (χ4n) is 3.91. The van der Waals surface area contributed by atoms with E-state index in [2.05, 4.69) is 6.92 Å². The van der Waals surface area contributed by atoms with Gasteiger partial charge in [-0.25, -0.2) is 0 Å². The Labute approximate surface area is 201 Å². The lowest BCUT2D eigenvalue weighted by Crippen LogP contribution is -2.31. The second-order valence-electron chi connectivity index (χ2n) is 8.36. The van der Waals surface area contributed by atoms with Crippen molar-refractivity contribution >= 4 is 17.7 Å². The highest BCUT2D eigenvalue weighted by Crippen LogP contribution is 2.29. The van der Waals surface area contributed by atoms with Crippen molar-refractivity contribution in [1.29, 1.82) is 0 Å². The number of imide groups is 1. The van der Waals surface area contributed by atoms with Gasteiger partial charge in [-0.1, -0.05) is 32.0 Å². The van der Waals surface area contributed by atoms with Crippen LogP contribution in [0.5, 0.6) is 11.5 Å². The molecule has 3 rings (SSSR count). The van der Waals surface area contributed by atoms with Crippen LogP contribution in [0, 0.1) is 0 Å². The molecule has 1 aliphatic rings. The van der Waals surface area contributed by atoms with Gasteiger partial charge in [0.2, 0.25) is 11.8 Å². The average Bonchev–Trinajstić information content (AvgIpc) is 3.15. The predicted molar refractivity (Wildman–Crippen MR) is 130 cm³/mol. The molecule has 0 aromatic heterocycles. The van der Waals surface area contributed by atoms with E-state index in [1.165, 1.54) is 4.90 Å². The van der Waals surface area contributed by atoms with Crippen LogP contribution in [0.3, 0.4) is 0 Å².